The maximum atomic E-state index is 11.7. The summed E-state index contributed by atoms with van der Waals surface area (Å²) in [6.07, 6.45) is 3.81. The number of methoxy groups -OCH3 is 1. The van der Waals surface area contributed by atoms with Crippen molar-refractivity contribution in [2.24, 2.45) is 5.92 Å². The van der Waals surface area contributed by atoms with Gasteiger partial charge in [0.2, 0.25) is 0 Å². The monoisotopic (exact) mass is 272 g/mol. The van der Waals surface area contributed by atoms with E-state index in [-0.39, 0.29) is 30.5 Å². The first-order valence-corrected chi connectivity index (χ1v) is 6.82. The van der Waals surface area contributed by atoms with Crippen LogP contribution in [0, 0.1) is 5.92 Å². The lowest BCUT2D eigenvalue weighted by Gasteiger charge is -2.20. The van der Waals surface area contributed by atoms with Gasteiger partial charge in [-0.05, 0) is 31.6 Å². The molecule has 1 aliphatic carbocycles. The third-order valence-corrected chi connectivity index (χ3v) is 3.53. The van der Waals surface area contributed by atoms with E-state index in [1.54, 1.807) is 7.11 Å². The van der Waals surface area contributed by atoms with Crippen molar-refractivity contribution in [2.75, 3.05) is 13.7 Å². The molecule has 0 radical (unpaired) electrons. The van der Waals surface area contributed by atoms with Gasteiger partial charge in [-0.3, -0.25) is 4.79 Å². The Balaban J connectivity index is 2.18. The van der Waals surface area contributed by atoms with E-state index in [0.29, 0.717) is 13.0 Å². The van der Waals surface area contributed by atoms with E-state index >= 15 is 0 Å². The Morgan fingerprint density at radius 2 is 2.16 bits per heavy atom. The van der Waals surface area contributed by atoms with Crippen molar-refractivity contribution in [3.8, 4) is 0 Å². The molecule has 0 aliphatic heterocycles. The van der Waals surface area contributed by atoms with Crippen molar-refractivity contribution < 1.29 is 19.4 Å². The highest BCUT2D eigenvalue weighted by molar-refractivity contribution is 5.74. The molecule has 1 rings (SSSR count). The Hall–Kier alpha value is -1.30. The number of carbonyl (C=O) groups is 2. The number of carbonyl (C=O) groups excluding carboxylic acids is 1. The first-order valence-electron chi connectivity index (χ1n) is 6.82. The van der Waals surface area contributed by atoms with Crippen LogP contribution < -0.4 is 10.6 Å². The van der Waals surface area contributed by atoms with Crippen LogP contribution in [0.5, 0.6) is 0 Å². The smallest absolute Gasteiger partial charge is 0.315 e. The van der Waals surface area contributed by atoms with Gasteiger partial charge in [-0.2, -0.15) is 0 Å². The number of hydrogen-bond donors (Lipinski definition) is 3. The predicted molar refractivity (Wildman–Crippen MR) is 71.0 cm³/mol. The quantitative estimate of drug-likeness (QED) is 0.653. The van der Waals surface area contributed by atoms with Crippen LogP contribution in [0.4, 0.5) is 4.79 Å². The summed E-state index contributed by atoms with van der Waals surface area (Å²) < 4.78 is 5.31. The van der Waals surface area contributed by atoms with E-state index in [4.69, 9.17) is 9.84 Å². The van der Waals surface area contributed by atoms with Gasteiger partial charge >= 0.3 is 12.0 Å². The Bertz CT molecular complexity index is 309. The maximum absolute atomic E-state index is 11.7. The van der Waals surface area contributed by atoms with Crippen LogP contribution in [0.3, 0.4) is 0 Å². The molecule has 0 aromatic rings. The Morgan fingerprint density at radius 3 is 2.79 bits per heavy atom. The first kappa shape index (κ1) is 15.8. The van der Waals surface area contributed by atoms with Crippen molar-refractivity contribution in [2.45, 2.75) is 51.2 Å². The summed E-state index contributed by atoms with van der Waals surface area (Å²) in [5, 5.41) is 14.3. The minimum absolute atomic E-state index is 0.0827. The number of ether oxygens (including phenoxy) is 1. The van der Waals surface area contributed by atoms with Crippen LogP contribution >= 0.6 is 0 Å². The number of rotatable bonds is 7. The molecule has 110 valence electrons. The molecule has 1 aliphatic rings. The average molecular weight is 272 g/mol. The summed E-state index contributed by atoms with van der Waals surface area (Å²) in [7, 11) is 1.66. The van der Waals surface area contributed by atoms with E-state index in [0.717, 1.165) is 19.3 Å². The predicted octanol–water partition coefficient (Wildman–Crippen LogP) is 1.35. The number of carboxylic acids is 1. The highest BCUT2D eigenvalue weighted by atomic mass is 16.5. The number of nitrogens with one attached hydrogen (secondary N) is 2. The SMILES string of the molecule is COC1CCCC1NC(=O)NCC(C)CCC(=O)O. The van der Waals surface area contributed by atoms with Crippen LogP contribution in [-0.4, -0.2) is 42.9 Å². The summed E-state index contributed by atoms with van der Waals surface area (Å²) in [4.78, 5) is 22.1. The zero-order valence-electron chi connectivity index (χ0n) is 11.6. The topological polar surface area (TPSA) is 87.7 Å². The zero-order chi connectivity index (χ0) is 14.3. The molecule has 2 amide bonds. The fraction of sp³-hybridized carbons (Fsp3) is 0.846. The summed E-state index contributed by atoms with van der Waals surface area (Å²) in [5.74, 6) is -0.645. The van der Waals surface area contributed by atoms with Gasteiger partial charge in [-0.1, -0.05) is 6.92 Å². The van der Waals surface area contributed by atoms with E-state index in [1.165, 1.54) is 0 Å². The molecule has 0 aromatic heterocycles. The second kappa shape index (κ2) is 7.99. The number of amides is 2. The van der Waals surface area contributed by atoms with Gasteiger partial charge in [-0.25, -0.2) is 4.79 Å². The number of hydrogen-bond acceptors (Lipinski definition) is 3. The van der Waals surface area contributed by atoms with Crippen molar-refractivity contribution in [1.29, 1.82) is 0 Å². The first-order chi connectivity index (χ1) is 9.02. The highest BCUT2D eigenvalue weighted by Crippen LogP contribution is 2.21. The minimum atomic E-state index is -0.801. The van der Waals surface area contributed by atoms with E-state index < -0.39 is 5.97 Å². The number of carboxylic acid groups (broad SMARTS) is 1. The van der Waals surface area contributed by atoms with E-state index in [9.17, 15) is 9.59 Å². The van der Waals surface area contributed by atoms with E-state index in [2.05, 4.69) is 10.6 Å². The number of aliphatic carboxylic acids is 1. The lowest BCUT2D eigenvalue weighted by Crippen LogP contribution is -2.46. The molecule has 0 spiro atoms. The van der Waals surface area contributed by atoms with Gasteiger partial charge < -0.3 is 20.5 Å². The van der Waals surface area contributed by atoms with Gasteiger partial charge in [0.1, 0.15) is 0 Å². The Labute approximate surface area is 113 Å². The van der Waals surface area contributed by atoms with Gasteiger partial charge in [0, 0.05) is 20.1 Å². The fourth-order valence-corrected chi connectivity index (χ4v) is 2.33. The number of urea groups is 1. The van der Waals surface area contributed by atoms with Crippen molar-refractivity contribution in [3.63, 3.8) is 0 Å². The van der Waals surface area contributed by atoms with Gasteiger partial charge in [0.15, 0.2) is 0 Å². The second-order valence-corrected chi connectivity index (χ2v) is 5.20. The maximum Gasteiger partial charge on any atom is 0.315 e. The van der Waals surface area contributed by atoms with Gasteiger partial charge in [-0.15, -0.1) is 0 Å². The molecule has 0 heterocycles. The lowest BCUT2D eigenvalue weighted by atomic mass is 10.1. The van der Waals surface area contributed by atoms with Crippen LogP contribution in [-0.2, 0) is 9.53 Å². The molecule has 3 N–H and O–H groups in total. The molecule has 6 heteroatoms. The molecule has 1 fully saturated rings. The highest BCUT2D eigenvalue weighted by Gasteiger charge is 2.28. The van der Waals surface area contributed by atoms with Crippen molar-refractivity contribution >= 4 is 12.0 Å². The molecular formula is C13H24N2O4. The standard InChI is InChI=1S/C13H24N2O4/c1-9(6-7-12(16)17)8-14-13(18)15-10-4-3-5-11(10)19-2/h9-11H,3-8H2,1-2H3,(H,16,17)(H2,14,15,18). The van der Waals surface area contributed by atoms with Crippen molar-refractivity contribution in [3.05, 3.63) is 0 Å². The van der Waals surface area contributed by atoms with Crippen LogP contribution in [0.15, 0.2) is 0 Å². The molecular weight excluding hydrogens is 248 g/mol. The lowest BCUT2D eigenvalue weighted by molar-refractivity contribution is -0.137. The van der Waals surface area contributed by atoms with E-state index in [1.807, 2.05) is 6.92 Å². The summed E-state index contributed by atoms with van der Waals surface area (Å²) in [5.41, 5.74) is 0. The molecule has 3 unspecified atom stereocenters. The van der Waals surface area contributed by atoms with Crippen LogP contribution in [0.25, 0.3) is 0 Å². The summed E-state index contributed by atoms with van der Waals surface area (Å²) in [6, 6.07) is -0.115. The molecule has 6 nitrogen and oxygen atoms in total. The van der Waals surface area contributed by atoms with Crippen LogP contribution in [0.2, 0.25) is 0 Å². The third-order valence-electron chi connectivity index (χ3n) is 3.53. The normalized spacial score (nSPS) is 23.9. The summed E-state index contributed by atoms with van der Waals surface area (Å²) >= 11 is 0. The molecule has 3 atom stereocenters. The van der Waals surface area contributed by atoms with Gasteiger partial charge in [0.25, 0.3) is 0 Å². The Kier molecular flexibility index (Phi) is 6.62. The molecule has 0 bridgehead atoms. The largest absolute Gasteiger partial charge is 0.481 e. The van der Waals surface area contributed by atoms with Crippen molar-refractivity contribution in [1.82, 2.24) is 10.6 Å². The van der Waals surface area contributed by atoms with Gasteiger partial charge in [0.05, 0.1) is 12.1 Å². The zero-order valence-corrected chi connectivity index (χ0v) is 11.6. The minimum Gasteiger partial charge on any atom is -0.481 e. The second-order valence-electron chi connectivity index (χ2n) is 5.20. The summed E-state index contributed by atoms with van der Waals surface area (Å²) in [6.45, 7) is 2.42. The molecule has 1 saturated carbocycles. The fourth-order valence-electron chi connectivity index (χ4n) is 2.33. The Morgan fingerprint density at radius 1 is 1.42 bits per heavy atom. The molecule has 0 aromatic carbocycles. The molecule has 19 heavy (non-hydrogen) atoms. The third kappa shape index (κ3) is 5.92. The average Bonchev–Trinajstić information content (AvgIpc) is 2.81. The molecule has 0 saturated heterocycles. The van der Waals surface area contributed by atoms with Crippen LogP contribution in [0.1, 0.15) is 39.0 Å².